The topological polar surface area (TPSA) is 41.8 Å². The predicted molar refractivity (Wildman–Crippen MR) is 91.5 cm³/mol. The normalized spacial score (nSPS) is 12.3. The fraction of sp³-hybridized carbons (Fsp3) is 0.368. The average Bonchev–Trinajstić information content (AvgIpc) is 2.86. The summed E-state index contributed by atoms with van der Waals surface area (Å²) in [5, 5.41) is 2.59. The fourth-order valence-electron chi connectivity index (χ4n) is 3.60. The van der Waals surface area contributed by atoms with E-state index in [2.05, 4.69) is 61.3 Å². The second-order valence-electron chi connectivity index (χ2n) is 6.05. The van der Waals surface area contributed by atoms with E-state index in [9.17, 15) is 0 Å². The summed E-state index contributed by atoms with van der Waals surface area (Å²) in [4.78, 5) is 3.52. The quantitative estimate of drug-likeness (QED) is 0.672. The molecule has 2 heteroatoms. The summed E-state index contributed by atoms with van der Waals surface area (Å²) in [6.07, 6.45) is 4.27. The standard InChI is InChI=1S/C19H24N2/c1-3-12-19(20,13-4-2)15-9-7-11-17-18(15)14-8-5-6-10-16(14)21-17/h5-11,21H,3-4,12-13,20H2,1-2H3. The molecular weight excluding hydrogens is 256 g/mol. The molecule has 0 amide bonds. The van der Waals surface area contributed by atoms with Gasteiger partial charge in [0.15, 0.2) is 0 Å². The minimum atomic E-state index is -0.228. The van der Waals surface area contributed by atoms with Gasteiger partial charge in [-0.05, 0) is 30.5 Å². The molecule has 0 fully saturated rings. The Labute approximate surface area is 126 Å². The van der Waals surface area contributed by atoms with Crippen LogP contribution in [0.3, 0.4) is 0 Å². The lowest BCUT2D eigenvalue weighted by Gasteiger charge is -2.30. The van der Waals surface area contributed by atoms with Crippen molar-refractivity contribution in [3.05, 3.63) is 48.0 Å². The smallest absolute Gasteiger partial charge is 0.0468 e. The third-order valence-electron chi connectivity index (χ3n) is 4.46. The van der Waals surface area contributed by atoms with Gasteiger partial charge in [0.1, 0.15) is 0 Å². The van der Waals surface area contributed by atoms with Gasteiger partial charge < -0.3 is 10.7 Å². The number of nitrogens with one attached hydrogen (secondary N) is 1. The van der Waals surface area contributed by atoms with E-state index in [-0.39, 0.29) is 5.54 Å². The first-order valence-corrected chi connectivity index (χ1v) is 7.98. The van der Waals surface area contributed by atoms with Gasteiger partial charge in [-0.15, -0.1) is 0 Å². The zero-order valence-electron chi connectivity index (χ0n) is 12.9. The number of hydrogen-bond donors (Lipinski definition) is 2. The molecule has 0 radical (unpaired) electrons. The van der Waals surface area contributed by atoms with Crippen LogP contribution in [-0.4, -0.2) is 4.98 Å². The molecule has 1 heterocycles. The summed E-state index contributed by atoms with van der Waals surface area (Å²) in [5.41, 5.74) is 10.3. The van der Waals surface area contributed by atoms with Gasteiger partial charge in [0, 0.05) is 27.3 Å². The number of fused-ring (bicyclic) bond motifs is 3. The number of para-hydroxylation sites is 1. The van der Waals surface area contributed by atoms with E-state index in [1.807, 2.05) is 0 Å². The minimum absolute atomic E-state index is 0.228. The molecule has 0 spiro atoms. The Morgan fingerprint density at radius 1 is 0.905 bits per heavy atom. The highest BCUT2D eigenvalue weighted by molar-refractivity contribution is 6.09. The first kappa shape index (κ1) is 14.2. The molecule has 3 aromatic rings. The molecule has 3 N–H and O–H groups in total. The van der Waals surface area contributed by atoms with Crippen LogP contribution in [0.15, 0.2) is 42.5 Å². The van der Waals surface area contributed by atoms with Gasteiger partial charge in [-0.25, -0.2) is 0 Å². The molecule has 0 saturated carbocycles. The lowest BCUT2D eigenvalue weighted by molar-refractivity contribution is 0.372. The van der Waals surface area contributed by atoms with Crippen LogP contribution in [0.4, 0.5) is 0 Å². The van der Waals surface area contributed by atoms with Gasteiger partial charge >= 0.3 is 0 Å². The highest BCUT2D eigenvalue weighted by Crippen LogP contribution is 2.37. The van der Waals surface area contributed by atoms with Crippen molar-refractivity contribution < 1.29 is 0 Å². The van der Waals surface area contributed by atoms with Gasteiger partial charge in [-0.1, -0.05) is 57.0 Å². The number of hydrogen-bond acceptors (Lipinski definition) is 1. The Morgan fingerprint density at radius 3 is 2.29 bits per heavy atom. The largest absolute Gasteiger partial charge is 0.355 e. The van der Waals surface area contributed by atoms with Gasteiger partial charge in [0.05, 0.1) is 0 Å². The van der Waals surface area contributed by atoms with E-state index in [1.54, 1.807) is 0 Å². The maximum Gasteiger partial charge on any atom is 0.0468 e. The van der Waals surface area contributed by atoms with Crippen molar-refractivity contribution in [3.8, 4) is 0 Å². The van der Waals surface area contributed by atoms with Crippen LogP contribution in [-0.2, 0) is 5.54 Å². The molecule has 0 aliphatic carbocycles. The average molecular weight is 280 g/mol. The first-order chi connectivity index (χ1) is 10.2. The Balaban J connectivity index is 2.30. The van der Waals surface area contributed by atoms with Gasteiger partial charge in [-0.3, -0.25) is 0 Å². The zero-order chi connectivity index (χ0) is 14.9. The van der Waals surface area contributed by atoms with Crippen molar-refractivity contribution in [2.24, 2.45) is 5.73 Å². The second kappa shape index (κ2) is 5.53. The lowest BCUT2D eigenvalue weighted by atomic mass is 9.80. The molecule has 3 rings (SSSR count). The molecule has 0 unspecified atom stereocenters. The summed E-state index contributed by atoms with van der Waals surface area (Å²) in [5.74, 6) is 0. The van der Waals surface area contributed by atoms with Gasteiger partial charge in [0.25, 0.3) is 0 Å². The van der Waals surface area contributed by atoms with E-state index < -0.39 is 0 Å². The Bertz CT molecular complexity index is 748. The van der Waals surface area contributed by atoms with Crippen LogP contribution in [0, 0.1) is 0 Å². The Hall–Kier alpha value is -1.80. The molecule has 0 aliphatic rings. The number of nitrogens with two attached hydrogens (primary N) is 1. The van der Waals surface area contributed by atoms with Crippen molar-refractivity contribution in [1.29, 1.82) is 0 Å². The van der Waals surface area contributed by atoms with Gasteiger partial charge in [-0.2, -0.15) is 0 Å². The van der Waals surface area contributed by atoms with E-state index in [1.165, 1.54) is 27.4 Å². The summed E-state index contributed by atoms with van der Waals surface area (Å²) < 4.78 is 0. The van der Waals surface area contributed by atoms with E-state index >= 15 is 0 Å². The molecule has 2 nitrogen and oxygen atoms in total. The van der Waals surface area contributed by atoms with E-state index in [0.717, 1.165) is 25.7 Å². The maximum atomic E-state index is 6.84. The van der Waals surface area contributed by atoms with Crippen LogP contribution < -0.4 is 5.73 Å². The highest BCUT2D eigenvalue weighted by Gasteiger charge is 2.28. The first-order valence-electron chi connectivity index (χ1n) is 7.98. The Morgan fingerprint density at radius 2 is 1.57 bits per heavy atom. The maximum absolute atomic E-state index is 6.84. The van der Waals surface area contributed by atoms with Crippen LogP contribution in [0.2, 0.25) is 0 Å². The SMILES string of the molecule is CCCC(N)(CCC)c1cccc2[nH]c3ccccc3c12. The van der Waals surface area contributed by atoms with Gasteiger partial charge in [0.2, 0.25) is 0 Å². The van der Waals surface area contributed by atoms with Crippen LogP contribution in [0.1, 0.15) is 45.1 Å². The Kier molecular flexibility index (Phi) is 3.73. The van der Waals surface area contributed by atoms with Crippen molar-refractivity contribution in [3.63, 3.8) is 0 Å². The molecular formula is C19H24N2. The summed E-state index contributed by atoms with van der Waals surface area (Å²) >= 11 is 0. The molecule has 2 aromatic carbocycles. The highest BCUT2D eigenvalue weighted by atomic mass is 14.8. The third kappa shape index (κ3) is 2.34. The van der Waals surface area contributed by atoms with Crippen molar-refractivity contribution in [1.82, 2.24) is 4.98 Å². The monoisotopic (exact) mass is 280 g/mol. The van der Waals surface area contributed by atoms with E-state index in [0.29, 0.717) is 0 Å². The number of benzene rings is 2. The van der Waals surface area contributed by atoms with Crippen molar-refractivity contribution in [2.45, 2.75) is 45.1 Å². The van der Waals surface area contributed by atoms with Crippen LogP contribution in [0.25, 0.3) is 21.8 Å². The number of aromatic amines is 1. The lowest BCUT2D eigenvalue weighted by Crippen LogP contribution is -2.36. The number of aromatic nitrogens is 1. The second-order valence-corrected chi connectivity index (χ2v) is 6.05. The zero-order valence-corrected chi connectivity index (χ0v) is 12.9. The minimum Gasteiger partial charge on any atom is -0.355 e. The summed E-state index contributed by atoms with van der Waals surface area (Å²) in [7, 11) is 0. The molecule has 0 bridgehead atoms. The molecule has 0 saturated heterocycles. The van der Waals surface area contributed by atoms with Crippen molar-refractivity contribution >= 4 is 21.8 Å². The van der Waals surface area contributed by atoms with Crippen LogP contribution in [0.5, 0.6) is 0 Å². The van der Waals surface area contributed by atoms with Crippen LogP contribution >= 0.6 is 0 Å². The number of rotatable bonds is 5. The van der Waals surface area contributed by atoms with Crippen molar-refractivity contribution in [2.75, 3.05) is 0 Å². The molecule has 21 heavy (non-hydrogen) atoms. The fourth-order valence-corrected chi connectivity index (χ4v) is 3.60. The number of H-pyrrole nitrogens is 1. The predicted octanol–water partition coefficient (Wildman–Crippen LogP) is 5.08. The summed E-state index contributed by atoms with van der Waals surface area (Å²) in [6, 6.07) is 15.0. The third-order valence-corrected chi connectivity index (χ3v) is 4.46. The molecule has 0 atom stereocenters. The molecule has 1 aromatic heterocycles. The molecule has 110 valence electrons. The van der Waals surface area contributed by atoms with E-state index in [4.69, 9.17) is 5.73 Å². The summed E-state index contributed by atoms with van der Waals surface area (Å²) in [6.45, 7) is 4.43. The molecule has 0 aliphatic heterocycles.